The smallest absolute Gasteiger partial charge is 0.264 e. The van der Waals surface area contributed by atoms with Gasteiger partial charge in [-0.3, -0.25) is 13.9 Å². The van der Waals surface area contributed by atoms with Gasteiger partial charge in [0.25, 0.3) is 10.0 Å². The van der Waals surface area contributed by atoms with Crippen LogP contribution >= 0.6 is 45.8 Å². The summed E-state index contributed by atoms with van der Waals surface area (Å²) < 4.78 is 29.2. The molecule has 1 unspecified atom stereocenters. The Balaban J connectivity index is 2.02. The summed E-state index contributed by atoms with van der Waals surface area (Å²) in [5, 5.41) is 3.21. The molecule has 11 heteroatoms. The van der Waals surface area contributed by atoms with E-state index in [2.05, 4.69) is 27.9 Å². The predicted octanol–water partition coefficient (Wildman–Crippen LogP) is 4.96. The van der Waals surface area contributed by atoms with Gasteiger partial charge in [-0.15, -0.1) is 0 Å². The van der Waals surface area contributed by atoms with Gasteiger partial charge in [0.15, 0.2) is 0 Å². The lowest BCUT2D eigenvalue weighted by Gasteiger charge is -2.31. The van der Waals surface area contributed by atoms with Crippen molar-refractivity contribution in [3.63, 3.8) is 0 Å². The standard InChI is InChI=1S/C25H24Cl2IN3O4S/c1-17(25(33)29-2)30(15-18-8-13-22(26)23(27)14-18)24(32)16-31(20-11-9-19(28)10-12-20)36(34,35)21-6-4-3-5-7-21/h3-14,17H,15-16H2,1-2H3,(H,29,33). The molecule has 0 aliphatic carbocycles. The Morgan fingerprint density at radius 3 is 2.19 bits per heavy atom. The number of benzene rings is 3. The molecule has 0 heterocycles. The van der Waals surface area contributed by atoms with Crippen LogP contribution in [0, 0.1) is 3.57 Å². The van der Waals surface area contributed by atoms with Gasteiger partial charge < -0.3 is 10.2 Å². The van der Waals surface area contributed by atoms with Gasteiger partial charge >= 0.3 is 0 Å². The average molecular weight is 660 g/mol. The summed E-state index contributed by atoms with van der Waals surface area (Å²) in [6.07, 6.45) is 0. The third-order valence-electron chi connectivity index (χ3n) is 5.48. The van der Waals surface area contributed by atoms with Gasteiger partial charge in [-0.1, -0.05) is 47.5 Å². The highest BCUT2D eigenvalue weighted by molar-refractivity contribution is 14.1. The van der Waals surface area contributed by atoms with Crippen molar-refractivity contribution in [1.29, 1.82) is 0 Å². The Morgan fingerprint density at radius 2 is 1.61 bits per heavy atom. The van der Waals surface area contributed by atoms with Crippen LogP contribution in [0.15, 0.2) is 77.7 Å². The van der Waals surface area contributed by atoms with Gasteiger partial charge in [0, 0.05) is 17.2 Å². The molecule has 0 aromatic heterocycles. The molecule has 0 saturated carbocycles. The van der Waals surface area contributed by atoms with E-state index < -0.39 is 34.4 Å². The first-order chi connectivity index (χ1) is 17.0. The topological polar surface area (TPSA) is 86.8 Å². The fraction of sp³-hybridized carbons (Fsp3) is 0.200. The second-order valence-corrected chi connectivity index (χ2v) is 11.8. The van der Waals surface area contributed by atoms with Crippen molar-refractivity contribution in [1.82, 2.24) is 10.2 Å². The maximum atomic E-state index is 13.7. The quantitative estimate of drug-likeness (QED) is 0.329. The molecule has 3 rings (SSSR count). The number of nitrogens with zero attached hydrogens (tertiary/aromatic N) is 2. The Hall–Kier alpha value is -2.34. The largest absolute Gasteiger partial charge is 0.357 e. The number of amides is 2. The fourth-order valence-electron chi connectivity index (χ4n) is 3.48. The summed E-state index contributed by atoms with van der Waals surface area (Å²) in [7, 11) is -2.62. The zero-order valence-electron chi connectivity index (χ0n) is 19.5. The van der Waals surface area contributed by atoms with Crippen LogP contribution in [0.25, 0.3) is 0 Å². The molecule has 1 atom stereocenters. The normalized spacial score (nSPS) is 12.0. The van der Waals surface area contributed by atoms with E-state index >= 15 is 0 Å². The molecule has 0 aliphatic heterocycles. The zero-order valence-corrected chi connectivity index (χ0v) is 24.0. The van der Waals surface area contributed by atoms with Crippen molar-refractivity contribution in [2.75, 3.05) is 17.9 Å². The Kier molecular flexibility index (Phi) is 9.62. The van der Waals surface area contributed by atoms with E-state index in [1.54, 1.807) is 67.6 Å². The molecular formula is C25H24Cl2IN3O4S. The first kappa shape index (κ1) is 28.2. The lowest BCUT2D eigenvalue weighted by Crippen LogP contribution is -2.50. The molecule has 3 aromatic carbocycles. The van der Waals surface area contributed by atoms with E-state index in [-0.39, 0.29) is 11.4 Å². The summed E-state index contributed by atoms with van der Waals surface area (Å²) in [5.41, 5.74) is 0.968. The Bertz CT molecular complexity index is 1340. The number of sulfonamides is 1. The van der Waals surface area contributed by atoms with E-state index in [9.17, 15) is 18.0 Å². The molecule has 0 bridgehead atoms. The SMILES string of the molecule is CNC(=O)C(C)N(Cc1ccc(Cl)c(Cl)c1)C(=O)CN(c1ccc(I)cc1)S(=O)(=O)c1ccccc1. The number of hydrogen-bond donors (Lipinski definition) is 1. The number of carbonyl (C=O) groups excluding carboxylic acids is 2. The van der Waals surface area contributed by atoms with Crippen molar-refractivity contribution in [3.8, 4) is 0 Å². The van der Waals surface area contributed by atoms with Crippen LogP contribution in [-0.4, -0.2) is 44.8 Å². The second-order valence-electron chi connectivity index (χ2n) is 7.86. The number of nitrogens with one attached hydrogen (secondary N) is 1. The first-order valence-electron chi connectivity index (χ1n) is 10.8. The highest BCUT2D eigenvalue weighted by Crippen LogP contribution is 2.26. The van der Waals surface area contributed by atoms with E-state index in [0.29, 0.717) is 21.3 Å². The molecular weight excluding hydrogens is 636 g/mol. The highest BCUT2D eigenvalue weighted by Gasteiger charge is 2.32. The Morgan fingerprint density at radius 1 is 0.972 bits per heavy atom. The number of carbonyl (C=O) groups is 2. The van der Waals surface area contributed by atoms with E-state index in [4.69, 9.17) is 23.2 Å². The van der Waals surface area contributed by atoms with Crippen molar-refractivity contribution < 1.29 is 18.0 Å². The van der Waals surface area contributed by atoms with Crippen LogP contribution in [-0.2, 0) is 26.2 Å². The van der Waals surface area contributed by atoms with E-state index in [1.165, 1.54) is 24.1 Å². The fourth-order valence-corrected chi connectivity index (χ4v) is 5.60. The molecule has 0 saturated heterocycles. The second kappa shape index (κ2) is 12.3. The van der Waals surface area contributed by atoms with Gasteiger partial charge in [-0.25, -0.2) is 8.42 Å². The van der Waals surface area contributed by atoms with Crippen LogP contribution in [0.2, 0.25) is 10.0 Å². The van der Waals surface area contributed by atoms with Gasteiger partial charge in [-0.05, 0) is 83.6 Å². The molecule has 1 N–H and O–H groups in total. The van der Waals surface area contributed by atoms with E-state index in [0.717, 1.165) is 7.88 Å². The van der Waals surface area contributed by atoms with Crippen molar-refractivity contribution in [2.24, 2.45) is 0 Å². The number of halogens is 3. The minimum Gasteiger partial charge on any atom is -0.357 e. The molecule has 0 spiro atoms. The van der Waals surface area contributed by atoms with Crippen molar-refractivity contribution in [3.05, 3.63) is 92.0 Å². The lowest BCUT2D eigenvalue weighted by atomic mass is 10.1. The minimum absolute atomic E-state index is 0.0240. The lowest BCUT2D eigenvalue weighted by molar-refractivity contribution is -0.139. The third-order valence-corrected chi connectivity index (χ3v) is 8.72. The summed E-state index contributed by atoms with van der Waals surface area (Å²) in [6, 6.07) is 18.7. The van der Waals surface area contributed by atoms with Crippen LogP contribution in [0.1, 0.15) is 12.5 Å². The molecule has 3 aromatic rings. The summed E-state index contributed by atoms with van der Waals surface area (Å²) in [6.45, 7) is 1.09. The number of rotatable bonds is 9. The number of likely N-dealkylation sites (N-methyl/N-ethyl adjacent to an activating group) is 1. The molecule has 2 amide bonds. The maximum Gasteiger partial charge on any atom is 0.264 e. The predicted molar refractivity (Wildman–Crippen MR) is 151 cm³/mol. The van der Waals surface area contributed by atoms with Crippen LogP contribution in [0.5, 0.6) is 0 Å². The summed E-state index contributed by atoms with van der Waals surface area (Å²) in [5.74, 6) is -0.953. The molecule has 0 aliphatic rings. The van der Waals surface area contributed by atoms with Crippen molar-refractivity contribution >= 4 is 73.3 Å². The average Bonchev–Trinajstić information content (AvgIpc) is 2.88. The molecule has 190 valence electrons. The van der Waals surface area contributed by atoms with Crippen LogP contribution < -0.4 is 9.62 Å². The van der Waals surface area contributed by atoms with Gasteiger partial charge in [0.2, 0.25) is 11.8 Å². The maximum absolute atomic E-state index is 13.7. The van der Waals surface area contributed by atoms with Crippen LogP contribution in [0.4, 0.5) is 5.69 Å². The molecule has 0 fully saturated rings. The van der Waals surface area contributed by atoms with Gasteiger partial charge in [-0.2, -0.15) is 0 Å². The first-order valence-corrected chi connectivity index (χ1v) is 14.1. The molecule has 7 nitrogen and oxygen atoms in total. The molecule has 0 radical (unpaired) electrons. The van der Waals surface area contributed by atoms with E-state index in [1.807, 2.05) is 0 Å². The van der Waals surface area contributed by atoms with Crippen LogP contribution in [0.3, 0.4) is 0 Å². The third kappa shape index (κ3) is 6.70. The number of hydrogen-bond acceptors (Lipinski definition) is 4. The zero-order chi connectivity index (χ0) is 26.5. The van der Waals surface area contributed by atoms with Gasteiger partial charge in [0.05, 0.1) is 20.6 Å². The molecule has 36 heavy (non-hydrogen) atoms. The summed E-state index contributed by atoms with van der Waals surface area (Å²) >= 11 is 14.3. The van der Waals surface area contributed by atoms with Gasteiger partial charge in [0.1, 0.15) is 12.6 Å². The number of anilines is 1. The monoisotopic (exact) mass is 659 g/mol. The van der Waals surface area contributed by atoms with Crippen molar-refractivity contribution in [2.45, 2.75) is 24.4 Å². The Labute approximate surface area is 234 Å². The summed E-state index contributed by atoms with van der Waals surface area (Å²) in [4.78, 5) is 27.5. The highest BCUT2D eigenvalue weighted by atomic mass is 127. The minimum atomic E-state index is -4.09.